The number of rotatable bonds is 6. The van der Waals surface area contributed by atoms with Crippen LogP contribution < -0.4 is 15.0 Å². The molecule has 4 rings (SSSR count). The van der Waals surface area contributed by atoms with Crippen LogP contribution in [0.25, 0.3) is 22.5 Å². The van der Waals surface area contributed by atoms with Gasteiger partial charge in [0.05, 0.1) is 23.0 Å². The molecule has 1 fully saturated rings. The summed E-state index contributed by atoms with van der Waals surface area (Å²) in [6, 6.07) is 7.10. The third-order valence-corrected chi connectivity index (χ3v) is 5.53. The van der Waals surface area contributed by atoms with E-state index in [2.05, 4.69) is 20.0 Å². The average Bonchev–Trinajstić information content (AvgIpc) is 2.75. The van der Waals surface area contributed by atoms with Crippen LogP contribution in [0.4, 0.5) is 19.0 Å². The maximum Gasteiger partial charge on any atom is 0.573 e. The summed E-state index contributed by atoms with van der Waals surface area (Å²) >= 11 is 6.37. The minimum Gasteiger partial charge on any atom is -0.406 e. The number of amides is 1. The van der Waals surface area contributed by atoms with Gasteiger partial charge in [-0.05, 0) is 30.3 Å². The van der Waals surface area contributed by atoms with E-state index in [1.807, 2.05) is 18.7 Å². The molecule has 0 radical (unpaired) electrons. The van der Waals surface area contributed by atoms with Gasteiger partial charge in [-0.3, -0.25) is 14.8 Å². The molecule has 1 aliphatic heterocycles. The van der Waals surface area contributed by atoms with Crippen molar-refractivity contribution in [3.05, 3.63) is 53.9 Å². The molecule has 1 N–H and O–H groups in total. The quantitative estimate of drug-likeness (QED) is 0.537. The summed E-state index contributed by atoms with van der Waals surface area (Å²) in [6.45, 7) is 4.84. The van der Waals surface area contributed by atoms with Gasteiger partial charge in [-0.2, -0.15) is 0 Å². The third kappa shape index (κ3) is 5.39. The molecule has 1 aromatic carbocycles. The highest BCUT2D eigenvalue weighted by molar-refractivity contribution is 6.33. The zero-order chi connectivity index (χ0) is 24.5. The van der Waals surface area contributed by atoms with Gasteiger partial charge in [0, 0.05) is 42.5 Å². The van der Waals surface area contributed by atoms with Crippen molar-refractivity contribution in [2.75, 3.05) is 18.0 Å². The standard InChI is InChI=1S/C23H21ClF3N5O2/c1-13(2)22(33)30-15-11-32(12-15)19-10-29-20(21(31-19)17-7-8-28-9-18(17)24)14-3-5-16(6-4-14)34-23(25,26)27/h3-10,13,15H,11-12H2,1-2H3,(H,30,33). The van der Waals surface area contributed by atoms with E-state index in [4.69, 9.17) is 16.6 Å². The first-order chi connectivity index (χ1) is 16.1. The van der Waals surface area contributed by atoms with Crippen LogP contribution in [0.1, 0.15) is 13.8 Å². The molecule has 0 aliphatic carbocycles. The summed E-state index contributed by atoms with van der Waals surface area (Å²) in [5.41, 5.74) is 2.04. The second-order valence-corrected chi connectivity index (χ2v) is 8.53. The van der Waals surface area contributed by atoms with E-state index < -0.39 is 6.36 Å². The topological polar surface area (TPSA) is 80.2 Å². The van der Waals surface area contributed by atoms with Crippen LogP contribution in [-0.4, -0.2) is 46.4 Å². The average molecular weight is 492 g/mol. The Hall–Kier alpha value is -3.40. The number of aromatic nitrogens is 3. The van der Waals surface area contributed by atoms with Crippen molar-refractivity contribution in [1.29, 1.82) is 0 Å². The number of hydrogen-bond acceptors (Lipinski definition) is 6. The molecule has 0 bridgehead atoms. The van der Waals surface area contributed by atoms with E-state index in [1.165, 1.54) is 30.5 Å². The molecule has 0 unspecified atom stereocenters. The summed E-state index contributed by atoms with van der Waals surface area (Å²) < 4.78 is 41.4. The summed E-state index contributed by atoms with van der Waals surface area (Å²) in [5, 5.41) is 3.34. The number of pyridine rings is 1. The molecular formula is C23H21ClF3N5O2. The second kappa shape index (κ2) is 9.46. The van der Waals surface area contributed by atoms with Crippen LogP contribution in [0.15, 0.2) is 48.9 Å². The highest BCUT2D eigenvalue weighted by Crippen LogP contribution is 2.35. The van der Waals surface area contributed by atoms with E-state index in [0.29, 0.717) is 46.4 Å². The van der Waals surface area contributed by atoms with Crippen molar-refractivity contribution in [1.82, 2.24) is 20.3 Å². The Balaban J connectivity index is 1.63. The lowest BCUT2D eigenvalue weighted by Gasteiger charge is -2.40. The second-order valence-electron chi connectivity index (χ2n) is 8.12. The van der Waals surface area contributed by atoms with E-state index >= 15 is 0 Å². The fourth-order valence-corrected chi connectivity index (χ4v) is 3.65. The maximum absolute atomic E-state index is 12.5. The molecule has 11 heteroatoms. The minimum absolute atomic E-state index is 0.00621. The highest BCUT2D eigenvalue weighted by atomic mass is 35.5. The Morgan fingerprint density at radius 1 is 1.15 bits per heavy atom. The highest BCUT2D eigenvalue weighted by Gasteiger charge is 2.32. The molecule has 1 amide bonds. The molecule has 3 aromatic rings. The molecule has 7 nitrogen and oxygen atoms in total. The molecule has 1 saturated heterocycles. The van der Waals surface area contributed by atoms with Gasteiger partial charge in [0.15, 0.2) is 0 Å². The van der Waals surface area contributed by atoms with Gasteiger partial charge in [-0.25, -0.2) is 4.98 Å². The van der Waals surface area contributed by atoms with Crippen molar-refractivity contribution < 1.29 is 22.7 Å². The van der Waals surface area contributed by atoms with Crippen LogP contribution in [0.3, 0.4) is 0 Å². The number of ether oxygens (including phenoxy) is 1. The lowest BCUT2D eigenvalue weighted by atomic mass is 10.0. The molecule has 3 heterocycles. The largest absolute Gasteiger partial charge is 0.573 e. The normalized spacial score (nSPS) is 14.1. The van der Waals surface area contributed by atoms with Crippen molar-refractivity contribution in [2.45, 2.75) is 26.3 Å². The minimum atomic E-state index is -4.78. The van der Waals surface area contributed by atoms with Gasteiger partial charge in [-0.15, -0.1) is 13.2 Å². The molecule has 0 saturated carbocycles. The lowest BCUT2D eigenvalue weighted by Crippen LogP contribution is -2.60. The van der Waals surface area contributed by atoms with E-state index in [9.17, 15) is 18.0 Å². The first kappa shape index (κ1) is 23.7. The first-order valence-electron chi connectivity index (χ1n) is 10.5. The maximum atomic E-state index is 12.5. The summed E-state index contributed by atoms with van der Waals surface area (Å²) in [4.78, 5) is 27.2. The number of anilines is 1. The number of hydrogen-bond donors (Lipinski definition) is 1. The van der Waals surface area contributed by atoms with Crippen LogP contribution >= 0.6 is 11.6 Å². The van der Waals surface area contributed by atoms with Gasteiger partial charge in [-0.1, -0.05) is 25.4 Å². The zero-order valence-corrected chi connectivity index (χ0v) is 19.1. The van der Waals surface area contributed by atoms with Crippen LogP contribution in [0, 0.1) is 5.92 Å². The van der Waals surface area contributed by atoms with E-state index in [0.717, 1.165) is 0 Å². The van der Waals surface area contributed by atoms with Crippen molar-refractivity contribution >= 4 is 23.3 Å². The Bertz CT molecular complexity index is 1180. The molecular weight excluding hydrogens is 471 g/mol. The molecule has 178 valence electrons. The van der Waals surface area contributed by atoms with Crippen LogP contribution in [0.2, 0.25) is 5.02 Å². The van der Waals surface area contributed by atoms with Crippen LogP contribution in [-0.2, 0) is 4.79 Å². The van der Waals surface area contributed by atoms with Gasteiger partial charge in [0.1, 0.15) is 17.3 Å². The van der Waals surface area contributed by atoms with Gasteiger partial charge in [0.25, 0.3) is 0 Å². The number of nitrogens with zero attached hydrogens (tertiary/aromatic N) is 4. The zero-order valence-electron chi connectivity index (χ0n) is 18.3. The predicted molar refractivity (Wildman–Crippen MR) is 121 cm³/mol. The van der Waals surface area contributed by atoms with E-state index in [-0.39, 0.29) is 23.6 Å². The number of halogens is 4. The summed E-state index contributed by atoms with van der Waals surface area (Å²) in [6.07, 6.45) is -0.131. The van der Waals surface area contributed by atoms with Crippen molar-refractivity contribution in [3.63, 3.8) is 0 Å². The Morgan fingerprint density at radius 3 is 2.47 bits per heavy atom. The number of carbonyl (C=O) groups excluding carboxylic acids is 1. The van der Waals surface area contributed by atoms with Gasteiger partial charge < -0.3 is 15.0 Å². The van der Waals surface area contributed by atoms with E-state index in [1.54, 1.807) is 18.5 Å². The molecule has 34 heavy (non-hydrogen) atoms. The fraction of sp³-hybridized carbons (Fsp3) is 0.304. The summed E-state index contributed by atoms with van der Waals surface area (Å²) in [5.74, 6) is 0.160. The number of nitrogens with one attached hydrogen (secondary N) is 1. The van der Waals surface area contributed by atoms with Crippen LogP contribution in [0.5, 0.6) is 5.75 Å². The van der Waals surface area contributed by atoms with Crippen molar-refractivity contribution in [2.24, 2.45) is 5.92 Å². The monoisotopic (exact) mass is 491 g/mol. The summed E-state index contributed by atoms with van der Waals surface area (Å²) in [7, 11) is 0. The number of benzene rings is 1. The molecule has 1 aliphatic rings. The van der Waals surface area contributed by atoms with Gasteiger partial charge >= 0.3 is 6.36 Å². The van der Waals surface area contributed by atoms with Gasteiger partial charge in [0.2, 0.25) is 5.91 Å². The van der Waals surface area contributed by atoms with Crippen molar-refractivity contribution in [3.8, 4) is 28.3 Å². The fourth-order valence-electron chi connectivity index (χ4n) is 3.44. The molecule has 0 spiro atoms. The molecule has 2 aromatic heterocycles. The molecule has 0 atom stereocenters. The Labute approximate surface area is 199 Å². The first-order valence-corrected chi connectivity index (χ1v) is 10.9. The number of alkyl halides is 3. The Kier molecular flexibility index (Phi) is 6.60. The third-order valence-electron chi connectivity index (χ3n) is 5.22. The lowest BCUT2D eigenvalue weighted by molar-refractivity contribution is -0.274. The number of carbonyl (C=O) groups is 1. The Morgan fingerprint density at radius 2 is 1.85 bits per heavy atom. The predicted octanol–water partition coefficient (Wildman–Crippen LogP) is 4.72. The SMILES string of the molecule is CC(C)C(=O)NC1CN(c2cnc(-c3ccc(OC(F)(F)F)cc3)c(-c3ccncc3Cl)n2)C1. The smallest absolute Gasteiger partial charge is 0.406 e.